The average Bonchev–Trinajstić information content (AvgIpc) is 1.66. The highest BCUT2D eigenvalue weighted by atomic mass is 79.9. The van der Waals surface area contributed by atoms with Crippen molar-refractivity contribution in [3.05, 3.63) is 286 Å². The zero-order valence-corrected chi connectivity index (χ0v) is 68.2. The number of hydrogen-bond acceptors (Lipinski definition) is 21. The molecule has 6 aromatic carbocycles. The van der Waals surface area contributed by atoms with Crippen molar-refractivity contribution in [3.63, 3.8) is 0 Å². The minimum atomic E-state index is -1.20. The van der Waals surface area contributed by atoms with Gasteiger partial charge in [0.2, 0.25) is 5.91 Å². The lowest BCUT2D eigenvalue weighted by atomic mass is 9.90. The van der Waals surface area contributed by atoms with Crippen molar-refractivity contribution in [2.45, 2.75) is 88.1 Å². The molecule has 0 aliphatic carbocycles. The summed E-state index contributed by atoms with van der Waals surface area (Å²) in [5.41, 5.74) is 10.3. The molecule has 15 aromatic rings. The molecule has 0 atom stereocenters. The number of carbonyl (C=O) groups excluding carboxylic acids is 4. The van der Waals surface area contributed by atoms with E-state index >= 15 is 0 Å². The van der Waals surface area contributed by atoms with Gasteiger partial charge in [0.15, 0.2) is 16.9 Å². The summed E-state index contributed by atoms with van der Waals surface area (Å²) in [7, 11) is 0. The number of nitrogens with zero attached hydrogens (tertiary/aromatic N) is 22. The molecule has 3 fully saturated rings. The number of nitriles is 2. The maximum absolute atomic E-state index is 13.3. The fourth-order valence-electron chi connectivity index (χ4n) is 15.1. The fourth-order valence-corrected chi connectivity index (χ4v) is 15.1. The molecule has 125 heavy (non-hydrogen) atoms. The summed E-state index contributed by atoms with van der Waals surface area (Å²) in [5, 5.41) is 79.3. The van der Waals surface area contributed by atoms with Gasteiger partial charge in [0.1, 0.15) is 65.7 Å². The number of amides is 4. The largest absolute Gasteiger partial charge is 0.388 e. The lowest BCUT2D eigenvalue weighted by Crippen LogP contribution is -2.49. The molecule has 634 valence electrons. The second-order valence-corrected chi connectivity index (χ2v) is 30.9. The van der Waals surface area contributed by atoms with Crippen molar-refractivity contribution >= 4 is 72.7 Å². The van der Waals surface area contributed by atoms with E-state index in [0.29, 0.717) is 126 Å². The van der Waals surface area contributed by atoms with Crippen molar-refractivity contribution in [2.75, 3.05) is 44.6 Å². The number of benzene rings is 6. The molecular weight excluding hydrogens is 1680 g/mol. The maximum Gasteiger partial charge on any atom is 0.264 e. The summed E-state index contributed by atoms with van der Waals surface area (Å²) in [6, 6.07) is 42.7. The molecule has 0 saturated carbocycles. The van der Waals surface area contributed by atoms with Crippen LogP contribution in [0.3, 0.4) is 0 Å². The van der Waals surface area contributed by atoms with Gasteiger partial charge >= 0.3 is 0 Å². The van der Waals surface area contributed by atoms with Crippen molar-refractivity contribution in [1.29, 1.82) is 10.5 Å². The molecule has 12 heterocycles. The van der Waals surface area contributed by atoms with Crippen LogP contribution in [0.25, 0.3) is 83.5 Å². The number of H-pyrrole nitrogens is 1. The topological polar surface area (TPSA) is 435 Å². The first-order valence-corrected chi connectivity index (χ1v) is 40.5. The van der Waals surface area contributed by atoms with Gasteiger partial charge in [0.05, 0.1) is 108 Å². The molecule has 6 N–H and O–H groups in total. The molecule has 3 aliphatic rings. The second-order valence-electron chi connectivity index (χ2n) is 30.4. The first-order valence-electron chi connectivity index (χ1n) is 39.4. The van der Waals surface area contributed by atoms with Gasteiger partial charge < -0.3 is 35.8 Å². The fraction of sp³-hybridized carbons (Fsp3) is 0.241. The Morgan fingerprint density at radius 1 is 0.424 bits per heavy atom. The molecule has 0 bridgehead atoms. The Balaban J connectivity index is 0.000000142. The minimum absolute atomic E-state index is 0.0140. The van der Waals surface area contributed by atoms with Crippen LogP contribution in [0.15, 0.2) is 235 Å². The average molecular weight is 1760 g/mol. The number of nitrogens with one attached hydrogen (secondary N) is 1. The van der Waals surface area contributed by atoms with E-state index in [1.165, 1.54) is 106 Å². The van der Waals surface area contributed by atoms with Gasteiger partial charge in [0.25, 0.3) is 34.4 Å². The number of aromatic nitrogens is 18. The molecule has 38 heteroatoms. The number of fused-ring (bicyclic) bond motifs is 3. The van der Waals surface area contributed by atoms with Crippen LogP contribution in [0.4, 0.5) is 13.2 Å². The Morgan fingerprint density at radius 2 is 0.736 bits per heavy atom. The number of aromatic amines is 1. The summed E-state index contributed by atoms with van der Waals surface area (Å²) >= 11 is 2.89. The summed E-state index contributed by atoms with van der Waals surface area (Å²) in [4.78, 5) is 108. The molecule has 9 aromatic heterocycles. The summed E-state index contributed by atoms with van der Waals surface area (Å²) in [6.07, 6.45) is 20.5. The standard InChI is InChI=1S/C29H27FN8O4.C29H25FN8O3.C27H24FN7O3.C2H2BrN/c30-22-5-7-23(8-6-22)38-26-24(14-34-38)28(41)36(18-32-26)17-29(42)9-11-35(12-10-29)27(40)20-3-1-19(2-4-20)21-13-33-37(15-21)16-25(31)39;30-23-5-7-24(8-6-23)38-26-25(16-34-38)28(40)36(19-32-26)18-29(41)9-12-35(13-10-29)27(39)21-3-1-20(2-4-21)22-15-33-37(17-22)14-11-31;28-21-5-7-22(8-6-21)35-24-23(15-32-35)26(37)34(17-29-24)16-27(38)9-11-33(12-10-27)25(36)19-3-1-18(2-4-19)20-13-30-31-14-20;3-1-2-4/h1-8,13-15,18,42H,9-12,16-17H2,(H2,31,39);1-8,15-17,19,41H,9-10,12-14,18H2;1-8,13-15,17,38H,9-12,16H2,(H,30,31);1H2. The van der Waals surface area contributed by atoms with Crippen LogP contribution in [0.5, 0.6) is 0 Å². The quantitative estimate of drug-likeness (QED) is 0.0505. The molecule has 4 amide bonds. The first-order chi connectivity index (χ1) is 60.3. The van der Waals surface area contributed by atoms with E-state index in [2.05, 4.69) is 66.6 Å². The lowest BCUT2D eigenvalue weighted by molar-refractivity contribution is -0.118. The van der Waals surface area contributed by atoms with Gasteiger partial charge in [-0.15, -0.1) is 0 Å². The number of rotatable bonds is 18. The SMILES string of the molecule is N#CCBr.N#CCn1cc(-c2ccc(C(=O)N3CCC(O)(Cn4cnc5c(cnn5-c5ccc(F)cc5)c4=O)CC3)cc2)cn1.NC(=O)Cn1cc(-c2ccc(C(=O)N3CCC(O)(Cn4cnc5c(cnn5-c5ccc(F)cc5)c4=O)CC3)cc2)cn1.O=C(c1ccc(-c2cn[nH]c2)cc1)N1CCC(O)(Cn2cnc3c(cnn3-c3ccc(F)cc3)c2=O)CC1. The number of likely N-dealkylation sites (tertiary alicyclic amines) is 3. The molecule has 0 radical (unpaired) electrons. The van der Waals surface area contributed by atoms with E-state index < -0.39 is 22.7 Å². The summed E-state index contributed by atoms with van der Waals surface area (Å²) < 4.78 is 51.4. The number of hydrogen-bond donors (Lipinski definition) is 5. The Morgan fingerprint density at radius 3 is 1.03 bits per heavy atom. The molecular formula is C87H78BrF3N24O10. The van der Waals surface area contributed by atoms with Crippen LogP contribution in [0, 0.1) is 40.1 Å². The van der Waals surface area contributed by atoms with Crippen molar-refractivity contribution < 1.29 is 47.7 Å². The Hall–Kier alpha value is -15.0. The van der Waals surface area contributed by atoms with Gasteiger partial charge in [-0.2, -0.15) is 41.1 Å². The van der Waals surface area contributed by atoms with Crippen LogP contribution in [0.2, 0.25) is 0 Å². The highest BCUT2D eigenvalue weighted by Gasteiger charge is 2.39. The Labute approximate surface area is 716 Å². The highest BCUT2D eigenvalue weighted by Crippen LogP contribution is 2.32. The van der Waals surface area contributed by atoms with Crippen LogP contribution < -0.4 is 22.4 Å². The van der Waals surface area contributed by atoms with Gasteiger partial charge in [-0.25, -0.2) is 42.2 Å². The number of primary amides is 1. The third-order valence-electron chi connectivity index (χ3n) is 22.0. The summed E-state index contributed by atoms with van der Waals surface area (Å²) in [6.45, 7) is 2.32. The zero-order chi connectivity index (χ0) is 87.7. The molecule has 0 spiro atoms. The monoisotopic (exact) mass is 1750 g/mol. The van der Waals surface area contributed by atoms with Crippen molar-refractivity contribution in [2.24, 2.45) is 5.73 Å². The number of carbonyl (C=O) groups is 4. The Bertz CT molecular complexity index is 6710. The van der Waals surface area contributed by atoms with Crippen LogP contribution in [-0.4, -0.2) is 203 Å². The molecule has 34 nitrogen and oxygen atoms in total. The first kappa shape index (κ1) is 85.0. The van der Waals surface area contributed by atoms with Crippen molar-refractivity contribution in [1.82, 2.24) is 102 Å². The Kier molecular flexibility index (Phi) is 25.0. The number of alkyl halides is 1. The van der Waals surface area contributed by atoms with E-state index in [9.17, 15) is 62.1 Å². The molecule has 3 saturated heterocycles. The number of nitrogens with two attached hydrogens (primary N) is 1. The molecule has 18 rings (SSSR count). The predicted molar refractivity (Wildman–Crippen MR) is 453 cm³/mol. The molecule has 0 unspecified atom stereocenters. The van der Waals surface area contributed by atoms with E-state index in [1.807, 2.05) is 48.5 Å². The molecule has 3 aliphatic heterocycles. The van der Waals surface area contributed by atoms with Gasteiger partial charge in [-0.05, 0) is 164 Å². The van der Waals surface area contributed by atoms with Gasteiger partial charge in [0, 0.05) is 91.2 Å². The van der Waals surface area contributed by atoms with Gasteiger partial charge in [-0.1, -0.05) is 52.3 Å². The minimum Gasteiger partial charge on any atom is -0.388 e. The normalized spacial score (nSPS) is 14.6. The van der Waals surface area contributed by atoms with Crippen LogP contribution >= 0.6 is 15.9 Å². The summed E-state index contributed by atoms with van der Waals surface area (Å²) in [5.74, 6) is -2.00. The predicted octanol–water partition coefficient (Wildman–Crippen LogP) is 8.20. The van der Waals surface area contributed by atoms with E-state index in [0.717, 1.165) is 33.4 Å². The van der Waals surface area contributed by atoms with Crippen LogP contribution in [-0.2, 0) is 37.5 Å². The lowest BCUT2D eigenvalue weighted by Gasteiger charge is -2.38. The van der Waals surface area contributed by atoms with E-state index in [1.54, 1.807) is 129 Å². The van der Waals surface area contributed by atoms with Crippen molar-refractivity contribution in [3.8, 4) is 62.6 Å². The number of halogens is 4. The van der Waals surface area contributed by atoms with Crippen LogP contribution in [0.1, 0.15) is 69.6 Å². The van der Waals surface area contributed by atoms with E-state index in [4.69, 9.17) is 16.3 Å². The second kappa shape index (κ2) is 36.8. The maximum atomic E-state index is 13.3. The highest BCUT2D eigenvalue weighted by molar-refractivity contribution is 9.09. The smallest absolute Gasteiger partial charge is 0.264 e. The van der Waals surface area contributed by atoms with E-state index in [-0.39, 0.29) is 108 Å². The number of aliphatic hydroxyl groups is 3. The number of piperidine rings is 3. The van der Waals surface area contributed by atoms with Gasteiger partial charge in [-0.3, -0.25) is 61.7 Å². The third kappa shape index (κ3) is 19.2. The zero-order valence-electron chi connectivity index (χ0n) is 66.6. The third-order valence-corrected chi connectivity index (χ3v) is 22.2.